The molecule has 5 aromatic rings. The largest absolute Gasteiger partial charge is 0.352 e. The molecule has 1 fully saturated rings. The molecule has 182 valence electrons. The van der Waals surface area contributed by atoms with Gasteiger partial charge in [0.15, 0.2) is 22.8 Å². The summed E-state index contributed by atoms with van der Waals surface area (Å²) in [6.45, 7) is 5.72. The maximum absolute atomic E-state index is 6.60. The van der Waals surface area contributed by atoms with Crippen LogP contribution in [0.25, 0.3) is 28.2 Å². The first kappa shape index (κ1) is 22.9. The number of imidazole rings is 1. The average Bonchev–Trinajstić information content (AvgIpc) is 3.48. The van der Waals surface area contributed by atoms with Crippen LogP contribution < -0.4 is 4.90 Å². The smallest absolute Gasteiger partial charge is 0.223 e. The van der Waals surface area contributed by atoms with E-state index in [0.29, 0.717) is 39.8 Å². The zero-order chi connectivity index (χ0) is 24.6. The fourth-order valence-electron chi connectivity index (χ4n) is 4.49. The van der Waals surface area contributed by atoms with Gasteiger partial charge in [-0.3, -0.25) is 9.47 Å². The highest BCUT2D eigenvalue weighted by Gasteiger charge is 2.25. The standard InChI is InChI=1S/C25H22Cl2N8O/c1-16-30-21(32-36-16)14-33-10-12-34(13-11-33)24-22-25(29-15-28-24)35(18-8-6-17(26)7-9-18)23(31-22)19-4-2-3-5-20(19)27/h2-9,15H,10-14H2,1H3. The Bertz CT molecular complexity index is 1520. The van der Waals surface area contributed by atoms with Gasteiger partial charge in [-0.15, -0.1) is 0 Å². The summed E-state index contributed by atoms with van der Waals surface area (Å²) in [7, 11) is 0. The van der Waals surface area contributed by atoms with E-state index in [1.165, 1.54) is 0 Å². The van der Waals surface area contributed by atoms with Crippen molar-refractivity contribution in [1.29, 1.82) is 0 Å². The van der Waals surface area contributed by atoms with Crippen molar-refractivity contribution in [3.63, 3.8) is 0 Å². The zero-order valence-electron chi connectivity index (χ0n) is 19.5. The van der Waals surface area contributed by atoms with Crippen LogP contribution in [0, 0.1) is 6.92 Å². The highest BCUT2D eigenvalue weighted by atomic mass is 35.5. The van der Waals surface area contributed by atoms with Gasteiger partial charge in [-0.25, -0.2) is 15.0 Å². The molecule has 0 bridgehead atoms. The third kappa shape index (κ3) is 4.30. The van der Waals surface area contributed by atoms with Gasteiger partial charge >= 0.3 is 0 Å². The maximum atomic E-state index is 6.60. The molecule has 0 aliphatic carbocycles. The molecule has 0 atom stereocenters. The Hall–Kier alpha value is -3.53. The third-order valence-corrected chi connectivity index (χ3v) is 6.81. The number of fused-ring (bicyclic) bond motifs is 1. The summed E-state index contributed by atoms with van der Waals surface area (Å²) < 4.78 is 7.11. The van der Waals surface area contributed by atoms with Crippen LogP contribution in [-0.4, -0.2) is 60.7 Å². The highest BCUT2D eigenvalue weighted by molar-refractivity contribution is 6.33. The molecule has 1 aliphatic rings. The SMILES string of the molecule is Cc1nc(CN2CCN(c3ncnc4c3nc(-c3ccccc3Cl)n4-c3ccc(Cl)cc3)CC2)no1. The molecule has 1 saturated heterocycles. The second-order valence-electron chi connectivity index (χ2n) is 8.59. The van der Waals surface area contributed by atoms with Gasteiger partial charge < -0.3 is 9.42 Å². The van der Waals surface area contributed by atoms with Crippen molar-refractivity contribution in [2.75, 3.05) is 31.1 Å². The third-order valence-electron chi connectivity index (χ3n) is 6.23. The second kappa shape index (κ2) is 9.50. The van der Waals surface area contributed by atoms with Crippen molar-refractivity contribution in [2.45, 2.75) is 13.5 Å². The number of halogens is 2. The van der Waals surface area contributed by atoms with Crippen LogP contribution in [-0.2, 0) is 6.54 Å². The molecule has 1 aliphatic heterocycles. The molecular formula is C25H22Cl2N8O. The van der Waals surface area contributed by atoms with Gasteiger partial charge in [-0.1, -0.05) is 40.5 Å². The lowest BCUT2D eigenvalue weighted by Crippen LogP contribution is -2.46. The zero-order valence-corrected chi connectivity index (χ0v) is 21.0. The first-order valence-electron chi connectivity index (χ1n) is 11.6. The predicted molar refractivity (Wildman–Crippen MR) is 139 cm³/mol. The van der Waals surface area contributed by atoms with Crippen molar-refractivity contribution < 1.29 is 4.52 Å². The number of aryl methyl sites for hydroxylation is 1. The lowest BCUT2D eigenvalue weighted by Gasteiger charge is -2.34. The molecule has 3 aromatic heterocycles. The van der Waals surface area contributed by atoms with Gasteiger partial charge in [0, 0.05) is 49.4 Å². The summed E-state index contributed by atoms with van der Waals surface area (Å²) in [4.78, 5) is 23.2. The molecule has 0 N–H and O–H groups in total. The second-order valence-corrected chi connectivity index (χ2v) is 9.43. The van der Waals surface area contributed by atoms with Crippen molar-refractivity contribution in [2.24, 2.45) is 0 Å². The lowest BCUT2D eigenvalue weighted by molar-refractivity contribution is 0.239. The molecular weight excluding hydrogens is 499 g/mol. The summed E-state index contributed by atoms with van der Waals surface area (Å²) in [6.07, 6.45) is 1.59. The first-order chi connectivity index (χ1) is 17.6. The molecule has 11 heteroatoms. The lowest BCUT2D eigenvalue weighted by atomic mass is 10.2. The van der Waals surface area contributed by atoms with Gasteiger partial charge in [-0.05, 0) is 36.4 Å². The molecule has 0 amide bonds. The van der Waals surface area contributed by atoms with Crippen LogP contribution >= 0.6 is 23.2 Å². The van der Waals surface area contributed by atoms with E-state index in [4.69, 9.17) is 32.7 Å². The Morgan fingerprint density at radius 2 is 1.69 bits per heavy atom. The van der Waals surface area contributed by atoms with E-state index in [-0.39, 0.29) is 0 Å². The minimum Gasteiger partial charge on any atom is -0.352 e. The number of hydrogen-bond donors (Lipinski definition) is 0. The minimum atomic E-state index is 0.581. The number of piperazine rings is 1. The van der Waals surface area contributed by atoms with Crippen molar-refractivity contribution >= 4 is 40.2 Å². The van der Waals surface area contributed by atoms with E-state index in [9.17, 15) is 0 Å². The van der Waals surface area contributed by atoms with E-state index in [2.05, 4.69) is 29.9 Å². The molecule has 0 radical (unpaired) electrons. The van der Waals surface area contributed by atoms with Gasteiger partial charge in [0.1, 0.15) is 12.2 Å². The Balaban J connectivity index is 1.38. The van der Waals surface area contributed by atoms with Crippen molar-refractivity contribution in [1.82, 2.24) is 34.6 Å². The van der Waals surface area contributed by atoms with Crippen LogP contribution in [0.4, 0.5) is 5.82 Å². The summed E-state index contributed by atoms with van der Waals surface area (Å²) in [6, 6.07) is 15.3. The number of hydrogen-bond acceptors (Lipinski definition) is 8. The maximum Gasteiger partial charge on any atom is 0.223 e. The van der Waals surface area contributed by atoms with Gasteiger partial charge in [0.2, 0.25) is 5.89 Å². The predicted octanol–water partition coefficient (Wildman–Crippen LogP) is 4.80. The van der Waals surface area contributed by atoms with E-state index in [1.807, 2.05) is 53.1 Å². The minimum absolute atomic E-state index is 0.581. The van der Waals surface area contributed by atoms with E-state index in [0.717, 1.165) is 48.8 Å². The summed E-state index contributed by atoms with van der Waals surface area (Å²) in [5, 5.41) is 5.29. The molecule has 4 heterocycles. The topological polar surface area (TPSA) is 89.0 Å². The van der Waals surface area contributed by atoms with Crippen LogP contribution in [0.15, 0.2) is 59.4 Å². The number of benzene rings is 2. The molecule has 2 aromatic carbocycles. The number of anilines is 1. The highest BCUT2D eigenvalue weighted by Crippen LogP contribution is 2.35. The molecule has 6 rings (SSSR count). The molecule has 0 saturated carbocycles. The van der Waals surface area contributed by atoms with Crippen LogP contribution in [0.5, 0.6) is 0 Å². The normalized spacial score (nSPS) is 14.6. The van der Waals surface area contributed by atoms with Crippen molar-refractivity contribution in [3.8, 4) is 17.1 Å². The fraction of sp³-hybridized carbons (Fsp3) is 0.240. The Kier molecular flexibility index (Phi) is 6.04. The van der Waals surface area contributed by atoms with Crippen LogP contribution in [0.1, 0.15) is 11.7 Å². The molecule has 36 heavy (non-hydrogen) atoms. The summed E-state index contributed by atoms with van der Waals surface area (Å²) in [5.41, 5.74) is 3.14. The monoisotopic (exact) mass is 520 g/mol. The number of nitrogens with zero attached hydrogens (tertiary/aromatic N) is 8. The van der Waals surface area contributed by atoms with Crippen LogP contribution in [0.3, 0.4) is 0 Å². The summed E-state index contributed by atoms with van der Waals surface area (Å²) in [5.74, 6) is 2.79. The Morgan fingerprint density at radius 1 is 0.917 bits per heavy atom. The van der Waals surface area contributed by atoms with E-state index in [1.54, 1.807) is 13.3 Å². The van der Waals surface area contributed by atoms with Gasteiger partial charge in [0.05, 0.1) is 11.6 Å². The van der Waals surface area contributed by atoms with E-state index < -0.39 is 0 Å². The molecule has 0 unspecified atom stereocenters. The summed E-state index contributed by atoms with van der Waals surface area (Å²) >= 11 is 12.8. The quantitative estimate of drug-likeness (QED) is 0.326. The van der Waals surface area contributed by atoms with Crippen molar-refractivity contribution in [3.05, 3.63) is 76.6 Å². The number of rotatable bonds is 5. The number of aromatic nitrogens is 6. The fourth-order valence-corrected chi connectivity index (χ4v) is 4.84. The molecule has 0 spiro atoms. The van der Waals surface area contributed by atoms with Gasteiger partial charge in [0.25, 0.3) is 0 Å². The Labute approximate surface area is 217 Å². The average molecular weight is 521 g/mol. The van der Waals surface area contributed by atoms with Crippen LogP contribution in [0.2, 0.25) is 10.0 Å². The van der Waals surface area contributed by atoms with Gasteiger partial charge in [-0.2, -0.15) is 4.98 Å². The molecule has 9 nitrogen and oxygen atoms in total. The van der Waals surface area contributed by atoms with E-state index >= 15 is 0 Å². The first-order valence-corrected chi connectivity index (χ1v) is 12.3. The Morgan fingerprint density at radius 3 is 2.42 bits per heavy atom.